The highest BCUT2D eigenvalue weighted by molar-refractivity contribution is 5.83. The third kappa shape index (κ3) is 10.3. The van der Waals surface area contributed by atoms with E-state index < -0.39 is 6.23 Å². The number of rotatable bonds is 12. The molecule has 1 heterocycles. The summed E-state index contributed by atoms with van der Waals surface area (Å²) in [6, 6.07) is 41.4. The molecule has 2 unspecified atom stereocenters. The van der Waals surface area contributed by atoms with E-state index in [-0.39, 0.29) is 5.92 Å². The molecule has 1 aliphatic heterocycles. The first kappa shape index (κ1) is 41.9. The summed E-state index contributed by atoms with van der Waals surface area (Å²) in [4.78, 5) is 0. The summed E-state index contributed by atoms with van der Waals surface area (Å²) in [7, 11) is 0. The number of dihydropyridines is 1. The van der Waals surface area contributed by atoms with E-state index in [0.29, 0.717) is 5.92 Å². The molecule has 0 aromatic heterocycles. The summed E-state index contributed by atoms with van der Waals surface area (Å²) in [5.74, 6) is 9.20. The molecule has 304 valence electrons. The highest BCUT2D eigenvalue weighted by atomic mass is 16.5. The lowest BCUT2D eigenvalue weighted by Gasteiger charge is -2.20. The van der Waals surface area contributed by atoms with Crippen molar-refractivity contribution >= 4 is 11.1 Å². The Morgan fingerprint density at radius 3 is 1.97 bits per heavy atom. The van der Waals surface area contributed by atoms with Crippen LogP contribution in [0, 0.1) is 17.8 Å². The van der Waals surface area contributed by atoms with Crippen LogP contribution in [0.3, 0.4) is 0 Å². The first-order valence-corrected chi connectivity index (χ1v) is 21.7. The molecule has 4 heteroatoms. The topological polar surface area (TPSA) is 56.5 Å². The van der Waals surface area contributed by atoms with Gasteiger partial charge in [-0.25, -0.2) is 0 Å². The molecule has 0 spiro atoms. The largest absolute Gasteiger partial charge is 0.468 e. The van der Waals surface area contributed by atoms with E-state index >= 15 is 0 Å². The van der Waals surface area contributed by atoms with E-state index in [1.807, 2.05) is 26.0 Å². The van der Waals surface area contributed by atoms with Gasteiger partial charge in [0.2, 0.25) is 6.23 Å². The molecule has 0 saturated heterocycles. The van der Waals surface area contributed by atoms with E-state index in [4.69, 9.17) is 15.2 Å². The predicted octanol–water partition coefficient (Wildman–Crippen LogP) is 14.2. The van der Waals surface area contributed by atoms with Crippen molar-refractivity contribution in [3.8, 4) is 56.7 Å². The fourth-order valence-electron chi connectivity index (χ4n) is 8.11. The van der Waals surface area contributed by atoms with Crippen LogP contribution < -0.4 is 15.8 Å². The molecule has 3 N–H and O–H groups in total. The maximum atomic E-state index is 6.54. The fraction of sp³-hybridized carbons (Fsp3) is 0.250. The van der Waals surface area contributed by atoms with E-state index in [1.54, 1.807) is 6.92 Å². The molecule has 0 bridgehead atoms. The summed E-state index contributed by atoms with van der Waals surface area (Å²) in [6.45, 7) is 10.9. The maximum absolute atomic E-state index is 6.54. The Morgan fingerprint density at radius 1 is 0.750 bits per heavy atom. The molecule has 8 rings (SSSR count). The second-order valence-corrected chi connectivity index (χ2v) is 15.5. The van der Waals surface area contributed by atoms with Crippen LogP contribution in [0.5, 0.6) is 11.5 Å². The van der Waals surface area contributed by atoms with Gasteiger partial charge in [-0.1, -0.05) is 117 Å². The summed E-state index contributed by atoms with van der Waals surface area (Å²) >= 11 is 0. The lowest BCUT2D eigenvalue weighted by atomic mass is 9.90. The van der Waals surface area contributed by atoms with Gasteiger partial charge in [-0.15, -0.1) is 5.92 Å². The van der Waals surface area contributed by atoms with Gasteiger partial charge in [-0.2, -0.15) is 0 Å². The van der Waals surface area contributed by atoms with Crippen molar-refractivity contribution in [3.63, 3.8) is 0 Å². The third-order valence-electron chi connectivity index (χ3n) is 11.4. The molecule has 3 aliphatic rings. The summed E-state index contributed by atoms with van der Waals surface area (Å²) in [5, 5.41) is 3.54. The minimum atomic E-state index is -0.635. The number of allylic oxidation sites excluding steroid dienone is 9. The number of nitrogens with one attached hydrogen (secondary N) is 1. The van der Waals surface area contributed by atoms with Crippen molar-refractivity contribution < 1.29 is 9.47 Å². The minimum absolute atomic E-state index is 0.246. The molecule has 2 aliphatic carbocycles. The summed E-state index contributed by atoms with van der Waals surface area (Å²) in [6.07, 6.45) is 17.8. The van der Waals surface area contributed by atoms with Crippen molar-refractivity contribution in [2.24, 2.45) is 11.7 Å². The highest BCUT2D eigenvalue weighted by Crippen LogP contribution is 2.45. The molecule has 1 fully saturated rings. The van der Waals surface area contributed by atoms with E-state index in [2.05, 4.69) is 171 Å². The smallest absolute Gasteiger partial charge is 0.210 e. The van der Waals surface area contributed by atoms with Crippen LogP contribution >= 0.6 is 0 Å². The second kappa shape index (κ2) is 20.1. The summed E-state index contributed by atoms with van der Waals surface area (Å²) in [5.41, 5.74) is 21.0. The zero-order chi connectivity index (χ0) is 41.8. The molecule has 1 saturated carbocycles. The van der Waals surface area contributed by atoms with Crippen LogP contribution in [-0.4, -0.2) is 12.8 Å². The first-order valence-electron chi connectivity index (χ1n) is 21.7. The van der Waals surface area contributed by atoms with E-state index in [1.165, 1.54) is 57.5 Å². The van der Waals surface area contributed by atoms with Crippen molar-refractivity contribution in [1.82, 2.24) is 5.32 Å². The van der Waals surface area contributed by atoms with Crippen molar-refractivity contribution in [3.05, 3.63) is 180 Å². The molecule has 0 radical (unpaired) electrons. The molecule has 0 amide bonds. The highest BCUT2D eigenvalue weighted by Gasteiger charge is 2.28. The van der Waals surface area contributed by atoms with Gasteiger partial charge in [0, 0.05) is 23.7 Å². The zero-order valence-corrected chi connectivity index (χ0v) is 35.8. The van der Waals surface area contributed by atoms with Crippen LogP contribution in [0.1, 0.15) is 89.3 Å². The Bertz CT molecular complexity index is 2520. The zero-order valence-electron chi connectivity index (χ0n) is 35.8. The van der Waals surface area contributed by atoms with E-state index in [0.717, 1.165) is 65.3 Å². The van der Waals surface area contributed by atoms with Gasteiger partial charge in [0.05, 0.1) is 0 Å². The van der Waals surface area contributed by atoms with Crippen LogP contribution in [0.4, 0.5) is 0 Å². The normalized spacial score (nSPS) is 16.6. The lowest BCUT2D eigenvalue weighted by Crippen LogP contribution is -2.23. The molecule has 60 heavy (non-hydrogen) atoms. The van der Waals surface area contributed by atoms with Crippen molar-refractivity contribution in [1.29, 1.82) is 0 Å². The first-order chi connectivity index (χ1) is 29.4. The Morgan fingerprint density at radius 2 is 1.35 bits per heavy atom. The molecule has 5 aromatic carbocycles. The number of ether oxygens (including phenoxy) is 2. The molecule has 4 nitrogen and oxygen atoms in total. The molecule has 5 aromatic rings. The third-order valence-corrected chi connectivity index (χ3v) is 11.4. The van der Waals surface area contributed by atoms with Crippen molar-refractivity contribution in [2.45, 2.75) is 78.9 Å². The van der Waals surface area contributed by atoms with E-state index in [9.17, 15) is 0 Å². The average molecular weight is 791 g/mol. The Balaban J connectivity index is 0.00000268. The molecule has 2 atom stereocenters. The van der Waals surface area contributed by atoms with Gasteiger partial charge in [0.25, 0.3) is 0 Å². The van der Waals surface area contributed by atoms with Gasteiger partial charge in [0.1, 0.15) is 17.3 Å². The number of benzene rings is 5. The SMILES string of the molecule is CC.CC#CC(N)OC1=CC=C(c2cccc(-c3cccc(Oc4cccc(-c5cccc(-c6ccc(C7CC7)c(C7=C(C)NCC=C7)c6)c5)c4)c3)c2)CCC1C/C=C\C. The molecular weight excluding hydrogens is 733 g/mol. The quantitative estimate of drug-likeness (QED) is 0.0751. The second-order valence-electron chi connectivity index (χ2n) is 15.5. The predicted molar refractivity (Wildman–Crippen MR) is 253 cm³/mol. The van der Waals surface area contributed by atoms with Crippen LogP contribution in [0.15, 0.2) is 163 Å². The van der Waals surface area contributed by atoms with Gasteiger partial charge in [-0.3, -0.25) is 5.73 Å². The van der Waals surface area contributed by atoms with Gasteiger partial charge >= 0.3 is 0 Å². The van der Waals surface area contributed by atoms with Crippen LogP contribution in [0.2, 0.25) is 0 Å². The average Bonchev–Trinajstić information content (AvgIpc) is 4.16. The monoisotopic (exact) mass is 790 g/mol. The minimum Gasteiger partial charge on any atom is -0.468 e. The number of hydrogen-bond donors (Lipinski definition) is 2. The number of hydrogen-bond acceptors (Lipinski definition) is 4. The molecular formula is C56H58N2O2. The standard InChI is InChI=1S/C54H52N2O2.C2H6/c1-4-6-13-40-26-23-38(28-30-53(40)58-54(55)12-5-2)41-14-7-15-42(32-41)45-18-9-20-48(34-45)57-49-21-10-19-46(35-49)43-16-8-17-44(33-43)47-27-29-51(39-24-25-39)52(36-47)50-22-11-31-56-37(50)3;1-2/h4,6-11,14-22,27-30,32-36,39-40,54,56H,13,23-26,31,55H2,1-3H3;1-2H3/b6-4-;. The number of nitrogens with two attached hydrogens (primary N) is 1. The Hall–Kier alpha value is -6.28. The van der Waals surface area contributed by atoms with Gasteiger partial charge in [-0.05, 0) is 169 Å². The van der Waals surface area contributed by atoms with Crippen LogP contribution in [-0.2, 0) is 4.74 Å². The van der Waals surface area contributed by atoms with Gasteiger partial charge in [0.15, 0.2) is 0 Å². The maximum Gasteiger partial charge on any atom is 0.210 e. The summed E-state index contributed by atoms with van der Waals surface area (Å²) < 4.78 is 12.7. The van der Waals surface area contributed by atoms with Crippen molar-refractivity contribution in [2.75, 3.05) is 6.54 Å². The lowest BCUT2D eigenvalue weighted by molar-refractivity contribution is 0.136. The van der Waals surface area contributed by atoms with Gasteiger partial charge < -0.3 is 14.8 Å². The van der Waals surface area contributed by atoms with Crippen LogP contribution in [0.25, 0.3) is 44.5 Å². The Kier molecular flexibility index (Phi) is 14.0. The fourth-order valence-corrected chi connectivity index (χ4v) is 8.11. The Labute approximate surface area is 358 Å².